The first-order valence-corrected chi connectivity index (χ1v) is 9.70. The summed E-state index contributed by atoms with van der Waals surface area (Å²) in [5, 5.41) is 5.88. The van der Waals surface area contributed by atoms with Crippen molar-refractivity contribution >= 4 is 17.5 Å². The van der Waals surface area contributed by atoms with Crippen LogP contribution in [0, 0.1) is 13.8 Å². The first-order chi connectivity index (χ1) is 13.9. The van der Waals surface area contributed by atoms with E-state index >= 15 is 0 Å². The number of hydrogen-bond donors (Lipinski definition) is 2. The lowest BCUT2D eigenvalue weighted by molar-refractivity contribution is -0.115. The van der Waals surface area contributed by atoms with Crippen molar-refractivity contribution in [3.8, 4) is 5.69 Å². The van der Waals surface area contributed by atoms with Gasteiger partial charge in [-0.3, -0.25) is 14.6 Å². The Kier molecular flexibility index (Phi) is 6.12. The van der Waals surface area contributed by atoms with Crippen LogP contribution in [-0.2, 0) is 4.79 Å². The van der Waals surface area contributed by atoms with Gasteiger partial charge in [0.25, 0.3) is 5.91 Å². The van der Waals surface area contributed by atoms with Crippen molar-refractivity contribution in [1.82, 2.24) is 14.9 Å². The fourth-order valence-corrected chi connectivity index (χ4v) is 3.34. The van der Waals surface area contributed by atoms with E-state index in [0.717, 1.165) is 28.3 Å². The third kappa shape index (κ3) is 4.54. The first kappa shape index (κ1) is 20.3. The maximum absolute atomic E-state index is 12.9. The summed E-state index contributed by atoms with van der Waals surface area (Å²) in [6.07, 6.45) is 3.95. The minimum atomic E-state index is -0.167. The number of amides is 2. The molecule has 2 amide bonds. The number of nitrogens with one attached hydrogen (secondary N) is 2. The Hall–Kier alpha value is -3.41. The normalized spacial score (nSPS) is 11.7. The molecule has 3 rings (SSSR count). The Morgan fingerprint density at radius 1 is 1.14 bits per heavy atom. The minimum Gasteiger partial charge on any atom is -0.345 e. The van der Waals surface area contributed by atoms with Gasteiger partial charge in [0, 0.05) is 29.7 Å². The molecular formula is C23H26N4O2. The Labute approximate surface area is 171 Å². The molecule has 29 heavy (non-hydrogen) atoms. The minimum absolute atomic E-state index is 0.0249. The van der Waals surface area contributed by atoms with Gasteiger partial charge < -0.3 is 15.2 Å². The van der Waals surface area contributed by atoms with Crippen LogP contribution in [0.3, 0.4) is 0 Å². The molecule has 1 aromatic carbocycles. The van der Waals surface area contributed by atoms with E-state index in [-0.39, 0.29) is 17.9 Å². The predicted molar refractivity (Wildman–Crippen MR) is 114 cm³/mol. The Balaban J connectivity index is 1.74. The van der Waals surface area contributed by atoms with E-state index in [9.17, 15) is 9.59 Å². The van der Waals surface area contributed by atoms with Gasteiger partial charge in [-0.25, -0.2) is 0 Å². The molecule has 6 heteroatoms. The molecule has 150 valence electrons. The SMILES string of the molecule is CCC(=O)Nc1ccc(C(C)NC(=O)c2cc(C)n(-c3cccnc3)c2C)cc1. The summed E-state index contributed by atoms with van der Waals surface area (Å²) in [5.41, 5.74) is 5.14. The van der Waals surface area contributed by atoms with Gasteiger partial charge in [-0.15, -0.1) is 0 Å². The van der Waals surface area contributed by atoms with E-state index in [1.165, 1.54) is 0 Å². The standard InChI is InChI=1S/C23H26N4O2/c1-5-22(28)26-19-10-8-18(9-11-19)16(3)25-23(29)21-13-15(2)27(17(21)4)20-7-6-12-24-14-20/h6-14,16H,5H2,1-4H3,(H,25,29)(H,26,28). The van der Waals surface area contributed by atoms with Gasteiger partial charge in [0.1, 0.15) is 0 Å². The average molecular weight is 390 g/mol. The average Bonchev–Trinajstić information content (AvgIpc) is 3.03. The van der Waals surface area contributed by atoms with Crippen molar-refractivity contribution in [2.45, 2.75) is 40.2 Å². The lowest BCUT2D eigenvalue weighted by Crippen LogP contribution is -2.27. The monoisotopic (exact) mass is 390 g/mol. The molecular weight excluding hydrogens is 364 g/mol. The summed E-state index contributed by atoms with van der Waals surface area (Å²) >= 11 is 0. The number of anilines is 1. The van der Waals surface area contributed by atoms with Crippen LogP contribution in [0.25, 0.3) is 5.69 Å². The number of rotatable bonds is 6. The maximum atomic E-state index is 12.9. The molecule has 0 saturated heterocycles. The number of carbonyl (C=O) groups is 2. The fourth-order valence-electron chi connectivity index (χ4n) is 3.34. The molecule has 0 radical (unpaired) electrons. The van der Waals surface area contributed by atoms with Crippen molar-refractivity contribution < 1.29 is 9.59 Å². The Bertz CT molecular complexity index is 1010. The van der Waals surface area contributed by atoms with Crippen molar-refractivity contribution in [3.05, 3.63) is 77.4 Å². The van der Waals surface area contributed by atoms with Gasteiger partial charge >= 0.3 is 0 Å². The molecule has 0 aliphatic heterocycles. The molecule has 0 aliphatic carbocycles. The predicted octanol–water partition coefficient (Wildman–Crippen LogP) is 4.33. The lowest BCUT2D eigenvalue weighted by Gasteiger charge is -2.15. The fraction of sp³-hybridized carbons (Fsp3) is 0.261. The molecule has 0 fully saturated rings. The first-order valence-electron chi connectivity index (χ1n) is 9.70. The van der Waals surface area contributed by atoms with Crippen molar-refractivity contribution in [1.29, 1.82) is 0 Å². The van der Waals surface area contributed by atoms with Crippen molar-refractivity contribution in [3.63, 3.8) is 0 Å². The Morgan fingerprint density at radius 2 is 1.86 bits per heavy atom. The molecule has 3 aromatic rings. The van der Waals surface area contributed by atoms with Gasteiger partial charge in [0.2, 0.25) is 5.91 Å². The smallest absolute Gasteiger partial charge is 0.253 e. The van der Waals surface area contributed by atoms with Crippen LogP contribution in [0.1, 0.15) is 53.6 Å². The van der Waals surface area contributed by atoms with Crippen LogP contribution in [0.15, 0.2) is 54.9 Å². The number of pyridine rings is 1. The van der Waals surface area contributed by atoms with Crippen LogP contribution < -0.4 is 10.6 Å². The van der Waals surface area contributed by atoms with Crippen LogP contribution >= 0.6 is 0 Å². The van der Waals surface area contributed by atoms with Crippen LogP contribution in [-0.4, -0.2) is 21.4 Å². The molecule has 0 spiro atoms. The number of aryl methyl sites for hydroxylation is 1. The third-order valence-corrected chi connectivity index (χ3v) is 4.94. The third-order valence-electron chi connectivity index (χ3n) is 4.94. The highest BCUT2D eigenvalue weighted by Crippen LogP contribution is 2.22. The topological polar surface area (TPSA) is 76.0 Å². The zero-order valence-electron chi connectivity index (χ0n) is 17.2. The van der Waals surface area contributed by atoms with Crippen LogP contribution in [0.5, 0.6) is 0 Å². The molecule has 2 N–H and O–H groups in total. The molecule has 2 aromatic heterocycles. The van der Waals surface area contributed by atoms with Crippen LogP contribution in [0.2, 0.25) is 0 Å². The maximum Gasteiger partial charge on any atom is 0.253 e. The van der Waals surface area contributed by atoms with Gasteiger partial charge in [0.15, 0.2) is 0 Å². The van der Waals surface area contributed by atoms with Crippen molar-refractivity contribution in [2.24, 2.45) is 0 Å². The van der Waals surface area contributed by atoms with E-state index in [1.54, 1.807) is 12.4 Å². The zero-order valence-corrected chi connectivity index (χ0v) is 17.2. The molecule has 0 saturated carbocycles. The lowest BCUT2D eigenvalue weighted by atomic mass is 10.1. The summed E-state index contributed by atoms with van der Waals surface area (Å²) in [7, 11) is 0. The second-order valence-corrected chi connectivity index (χ2v) is 7.05. The molecule has 1 unspecified atom stereocenters. The van der Waals surface area contributed by atoms with E-state index in [2.05, 4.69) is 15.6 Å². The van der Waals surface area contributed by atoms with E-state index < -0.39 is 0 Å². The van der Waals surface area contributed by atoms with Gasteiger partial charge in [-0.1, -0.05) is 19.1 Å². The van der Waals surface area contributed by atoms with E-state index in [1.807, 2.05) is 74.7 Å². The van der Waals surface area contributed by atoms with Gasteiger partial charge in [-0.05, 0) is 56.7 Å². The number of benzene rings is 1. The molecule has 6 nitrogen and oxygen atoms in total. The molecule has 0 bridgehead atoms. The second kappa shape index (κ2) is 8.73. The Morgan fingerprint density at radius 3 is 2.48 bits per heavy atom. The van der Waals surface area contributed by atoms with E-state index in [4.69, 9.17) is 0 Å². The highest BCUT2D eigenvalue weighted by molar-refractivity contribution is 5.96. The molecule has 1 atom stereocenters. The molecule has 2 heterocycles. The number of aromatic nitrogens is 2. The van der Waals surface area contributed by atoms with Gasteiger partial charge in [-0.2, -0.15) is 0 Å². The summed E-state index contributed by atoms with van der Waals surface area (Å²) in [6, 6.07) is 13.1. The van der Waals surface area contributed by atoms with Crippen molar-refractivity contribution in [2.75, 3.05) is 5.32 Å². The summed E-state index contributed by atoms with van der Waals surface area (Å²) in [4.78, 5) is 28.6. The highest BCUT2D eigenvalue weighted by atomic mass is 16.2. The second-order valence-electron chi connectivity index (χ2n) is 7.05. The number of carbonyl (C=O) groups excluding carboxylic acids is 2. The summed E-state index contributed by atoms with van der Waals surface area (Å²) < 4.78 is 2.03. The van der Waals surface area contributed by atoms with Gasteiger partial charge in [0.05, 0.1) is 23.5 Å². The van der Waals surface area contributed by atoms with E-state index in [0.29, 0.717) is 12.0 Å². The number of nitrogens with zero attached hydrogens (tertiary/aromatic N) is 2. The number of hydrogen-bond acceptors (Lipinski definition) is 3. The highest BCUT2D eigenvalue weighted by Gasteiger charge is 2.19. The summed E-state index contributed by atoms with van der Waals surface area (Å²) in [6.45, 7) is 7.67. The quantitative estimate of drug-likeness (QED) is 0.658. The molecule has 0 aliphatic rings. The summed E-state index contributed by atoms with van der Waals surface area (Å²) in [5.74, 6) is -0.146. The van der Waals surface area contributed by atoms with Crippen LogP contribution in [0.4, 0.5) is 5.69 Å². The largest absolute Gasteiger partial charge is 0.345 e. The zero-order chi connectivity index (χ0) is 21.0.